The Morgan fingerprint density at radius 2 is 1.93 bits per heavy atom. The zero-order valence-corrected chi connectivity index (χ0v) is 15.8. The van der Waals surface area contributed by atoms with Gasteiger partial charge in [0.2, 0.25) is 5.91 Å². The quantitative estimate of drug-likeness (QED) is 0.341. The molecule has 27 heavy (non-hydrogen) atoms. The fourth-order valence-electron chi connectivity index (χ4n) is 2.78. The first-order valence-corrected chi connectivity index (χ1v) is 9.38. The molecular weight excluding hydrogens is 343 g/mol. The molecule has 2 N–H and O–H groups in total. The zero-order chi connectivity index (χ0) is 19.5. The van der Waals surface area contributed by atoms with Crippen molar-refractivity contribution < 1.29 is 13.9 Å². The van der Waals surface area contributed by atoms with Gasteiger partial charge in [0.1, 0.15) is 0 Å². The number of carbonyl (C=O) groups is 1. The van der Waals surface area contributed by atoms with Gasteiger partial charge in [-0.3, -0.25) is 4.79 Å². The average molecular weight is 370 g/mol. The molecule has 1 heterocycles. The van der Waals surface area contributed by atoms with Crippen LogP contribution in [0.3, 0.4) is 0 Å². The van der Waals surface area contributed by atoms with Crippen molar-refractivity contribution in [3.05, 3.63) is 60.0 Å². The number of para-hydroxylation sites is 1. The third-order valence-electron chi connectivity index (χ3n) is 4.15. The van der Waals surface area contributed by atoms with E-state index in [2.05, 4.69) is 11.1 Å². The summed E-state index contributed by atoms with van der Waals surface area (Å²) < 4.78 is 19.5. The van der Waals surface area contributed by atoms with Crippen LogP contribution in [-0.2, 0) is 4.79 Å². The van der Waals surface area contributed by atoms with E-state index in [-0.39, 0.29) is 5.88 Å². The molecule has 2 aromatic rings. The molecule has 0 atom stereocenters. The molecule has 2 rings (SSSR count). The Balaban J connectivity index is 1.58. The lowest BCUT2D eigenvalue weighted by Gasteiger charge is -2.07. The predicted octanol–water partition coefficient (Wildman–Crippen LogP) is 5.08. The molecule has 5 heteroatoms. The predicted molar refractivity (Wildman–Crippen MR) is 107 cm³/mol. The second-order valence-electron chi connectivity index (χ2n) is 6.57. The molecule has 0 unspecified atom stereocenters. The molecule has 1 aromatic carbocycles. The molecule has 0 aliphatic heterocycles. The largest absolute Gasteiger partial charge is 0.476 e. The Kier molecular flexibility index (Phi) is 8.49. The van der Waals surface area contributed by atoms with E-state index in [0.717, 1.165) is 55.0 Å². The highest BCUT2D eigenvalue weighted by Gasteiger charge is 2.07. The summed E-state index contributed by atoms with van der Waals surface area (Å²) in [6.07, 6.45) is 11.6. The van der Waals surface area contributed by atoms with Crippen molar-refractivity contribution in [1.82, 2.24) is 4.98 Å². The molecule has 1 amide bonds. The summed E-state index contributed by atoms with van der Waals surface area (Å²) in [6, 6.07) is 8.88. The van der Waals surface area contributed by atoms with Crippen LogP contribution in [0.15, 0.2) is 54.1 Å². The minimum atomic E-state index is -0.418. The van der Waals surface area contributed by atoms with Crippen molar-refractivity contribution in [2.24, 2.45) is 5.73 Å². The van der Waals surface area contributed by atoms with Crippen molar-refractivity contribution in [2.45, 2.75) is 45.4 Å². The normalized spacial score (nSPS) is 12.0. The highest BCUT2D eigenvalue weighted by atomic mass is 19.1. The van der Waals surface area contributed by atoms with Crippen LogP contribution in [0.1, 0.15) is 45.4 Å². The summed E-state index contributed by atoms with van der Waals surface area (Å²) in [4.78, 5) is 15.0. The number of hydrogen-bond donors (Lipinski definition) is 1. The molecule has 4 nitrogen and oxygen atoms in total. The number of amides is 1. The number of halogens is 1. The van der Waals surface area contributed by atoms with E-state index >= 15 is 0 Å². The third kappa shape index (κ3) is 7.60. The molecule has 0 saturated heterocycles. The first-order valence-electron chi connectivity index (χ1n) is 9.38. The molecule has 0 aliphatic carbocycles. The molecule has 0 saturated carbocycles. The molecule has 0 aliphatic rings. The fourth-order valence-corrected chi connectivity index (χ4v) is 2.78. The number of hydrogen-bond acceptors (Lipinski definition) is 3. The number of ether oxygens (including phenoxy) is 1. The van der Waals surface area contributed by atoms with Gasteiger partial charge in [0.05, 0.1) is 12.1 Å². The number of allylic oxidation sites excluding steroid dienone is 3. The lowest BCUT2D eigenvalue weighted by atomic mass is 10.1. The van der Waals surface area contributed by atoms with Gasteiger partial charge in [0.15, 0.2) is 5.82 Å². The van der Waals surface area contributed by atoms with E-state index in [1.165, 1.54) is 12.1 Å². The van der Waals surface area contributed by atoms with Crippen LogP contribution in [0.4, 0.5) is 4.39 Å². The van der Waals surface area contributed by atoms with Gasteiger partial charge in [-0.15, -0.1) is 0 Å². The standard InChI is InChI=1S/C22H27FN2O2/c1-17(15-21(24)26)11-7-5-3-2-4-6-10-14-27-22-19(23)16-18-12-8-9-13-20(18)25-22/h7-9,11-13,15-16H,2-6,10,14H2,1H3,(H2,24,26). The first kappa shape index (κ1) is 20.6. The maximum absolute atomic E-state index is 14.0. The number of unbranched alkanes of at least 4 members (excludes halogenated alkanes) is 5. The van der Waals surface area contributed by atoms with Gasteiger partial charge >= 0.3 is 0 Å². The van der Waals surface area contributed by atoms with Gasteiger partial charge in [0, 0.05) is 11.5 Å². The van der Waals surface area contributed by atoms with Gasteiger partial charge in [-0.05, 0) is 43.9 Å². The van der Waals surface area contributed by atoms with Crippen molar-refractivity contribution in [3.63, 3.8) is 0 Å². The van der Waals surface area contributed by atoms with Gasteiger partial charge in [0.25, 0.3) is 5.88 Å². The Bertz CT molecular complexity index is 815. The van der Waals surface area contributed by atoms with E-state index in [1.807, 2.05) is 37.3 Å². The summed E-state index contributed by atoms with van der Waals surface area (Å²) >= 11 is 0. The third-order valence-corrected chi connectivity index (χ3v) is 4.15. The molecular formula is C22H27FN2O2. The zero-order valence-electron chi connectivity index (χ0n) is 15.8. The molecule has 0 fully saturated rings. The van der Waals surface area contributed by atoms with Crippen molar-refractivity contribution >= 4 is 16.8 Å². The van der Waals surface area contributed by atoms with Crippen molar-refractivity contribution in [2.75, 3.05) is 6.61 Å². The van der Waals surface area contributed by atoms with E-state index in [1.54, 1.807) is 0 Å². The molecule has 144 valence electrons. The number of fused-ring (bicyclic) bond motifs is 1. The van der Waals surface area contributed by atoms with Gasteiger partial charge < -0.3 is 10.5 Å². The van der Waals surface area contributed by atoms with E-state index in [0.29, 0.717) is 6.61 Å². The lowest BCUT2D eigenvalue weighted by Crippen LogP contribution is -2.06. The Morgan fingerprint density at radius 3 is 2.74 bits per heavy atom. The minimum absolute atomic E-state index is 0.0817. The van der Waals surface area contributed by atoms with Crippen LogP contribution in [0.25, 0.3) is 10.9 Å². The highest BCUT2D eigenvalue weighted by Crippen LogP contribution is 2.21. The molecule has 0 bridgehead atoms. The summed E-state index contributed by atoms with van der Waals surface area (Å²) in [5.74, 6) is -0.752. The average Bonchev–Trinajstić information content (AvgIpc) is 2.62. The van der Waals surface area contributed by atoms with Crippen LogP contribution in [0.2, 0.25) is 0 Å². The van der Waals surface area contributed by atoms with Crippen molar-refractivity contribution in [3.8, 4) is 5.88 Å². The maximum Gasteiger partial charge on any atom is 0.250 e. The minimum Gasteiger partial charge on any atom is -0.476 e. The van der Waals surface area contributed by atoms with Crippen LogP contribution in [0.5, 0.6) is 5.88 Å². The molecule has 1 aromatic heterocycles. The lowest BCUT2D eigenvalue weighted by molar-refractivity contribution is -0.113. The summed E-state index contributed by atoms with van der Waals surface area (Å²) in [5.41, 5.74) is 6.70. The summed E-state index contributed by atoms with van der Waals surface area (Å²) in [5, 5.41) is 0.775. The van der Waals surface area contributed by atoms with E-state index in [9.17, 15) is 9.18 Å². The number of rotatable bonds is 11. The molecule has 0 radical (unpaired) electrons. The number of primary amides is 1. The van der Waals surface area contributed by atoms with E-state index in [4.69, 9.17) is 10.5 Å². The molecule has 0 spiro atoms. The monoisotopic (exact) mass is 370 g/mol. The van der Waals surface area contributed by atoms with Gasteiger partial charge in [-0.1, -0.05) is 49.6 Å². The van der Waals surface area contributed by atoms with Crippen molar-refractivity contribution in [1.29, 1.82) is 0 Å². The van der Waals surface area contributed by atoms with E-state index < -0.39 is 11.7 Å². The van der Waals surface area contributed by atoms with Crippen LogP contribution < -0.4 is 10.5 Å². The SMILES string of the molecule is CC(C=CCCCCCCCOc1nc2ccccc2cc1F)=CC(N)=O. The summed E-state index contributed by atoms with van der Waals surface area (Å²) in [6.45, 7) is 2.33. The number of nitrogens with zero attached hydrogens (tertiary/aromatic N) is 1. The number of benzene rings is 1. The van der Waals surface area contributed by atoms with Crippen LogP contribution >= 0.6 is 0 Å². The number of aromatic nitrogens is 1. The smallest absolute Gasteiger partial charge is 0.250 e. The Labute approximate surface area is 159 Å². The Morgan fingerprint density at radius 1 is 1.19 bits per heavy atom. The summed E-state index contributed by atoms with van der Waals surface area (Å²) in [7, 11) is 0. The fraction of sp³-hybridized carbons (Fsp3) is 0.364. The van der Waals surface area contributed by atoms with Crippen LogP contribution in [0, 0.1) is 5.82 Å². The highest BCUT2D eigenvalue weighted by molar-refractivity contribution is 5.86. The number of pyridine rings is 1. The Hall–Kier alpha value is -2.69. The van der Waals surface area contributed by atoms with Gasteiger partial charge in [-0.2, -0.15) is 0 Å². The topological polar surface area (TPSA) is 65.2 Å². The second-order valence-corrected chi connectivity index (χ2v) is 6.57. The van der Waals surface area contributed by atoms with Crippen LogP contribution in [-0.4, -0.2) is 17.5 Å². The maximum atomic E-state index is 14.0. The first-order chi connectivity index (χ1) is 13.1. The van der Waals surface area contributed by atoms with Gasteiger partial charge in [-0.25, -0.2) is 9.37 Å². The number of nitrogens with two attached hydrogens (primary N) is 1. The second kappa shape index (κ2) is 11.1. The number of carbonyl (C=O) groups excluding carboxylic acids is 1.